The predicted molar refractivity (Wildman–Crippen MR) is 63.1 cm³/mol. The number of rotatable bonds is 2. The number of benzene rings is 1. The van der Waals surface area contributed by atoms with E-state index in [-0.39, 0.29) is 6.61 Å². The number of aliphatic hydroxyl groups excluding tert-OH is 1. The average Bonchev–Trinajstić information content (AvgIpc) is 2.51. The van der Waals surface area contributed by atoms with Gasteiger partial charge < -0.3 is 14.4 Å². The van der Waals surface area contributed by atoms with Gasteiger partial charge in [0, 0.05) is 22.4 Å². The van der Waals surface area contributed by atoms with E-state index in [1.807, 2.05) is 29.8 Å². The molecule has 15 heavy (non-hydrogen) atoms. The van der Waals surface area contributed by atoms with E-state index >= 15 is 0 Å². The molecule has 0 spiro atoms. The average molecular weight is 270 g/mol. The summed E-state index contributed by atoms with van der Waals surface area (Å²) in [4.78, 5) is 0. The molecule has 0 amide bonds. The molecule has 1 aromatic carbocycles. The van der Waals surface area contributed by atoms with Gasteiger partial charge >= 0.3 is 0 Å². The van der Waals surface area contributed by atoms with E-state index in [0.29, 0.717) is 0 Å². The summed E-state index contributed by atoms with van der Waals surface area (Å²) in [5.74, 6) is 0.818. The minimum Gasteiger partial charge on any atom is -0.497 e. The monoisotopic (exact) mass is 269 g/mol. The largest absolute Gasteiger partial charge is 0.497 e. The molecule has 0 radical (unpaired) electrons. The Bertz CT molecular complexity index is 505. The van der Waals surface area contributed by atoms with Gasteiger partial charge in [-0.1, -0.05) is 0 Å². The first-order valence-electron chi connectivity index (χ1n) is 4.60. The zero-order valence-corrected chi connectivity index (χ0v) is 10.2. The molecule has 0 unspecified atom stereocenters. The van der Waals surface area contributed by atoms with E-state index < -0.39 is 0 Å². The smallest absolute Gasteiger partial charge is 0.119 e. The third-order valence-corrected chi connectivity index (χ3v) is 3.49. The molecule has 1 N–H and O–H groups in total. The van der Waals surface area contributed by atoms with Crippen LogP contribution in [0.3, 0.4) is 0 Å². The molecule has 1 heterocycles. The Balaban J connectivity index is 2.77. The lowest BCUT2D eigenvalue weighted by atomic mass is 10.2. The standard InChI is InChI=1S/C11H12BrNO2/c1-13-9-4-3-7(15-2)5-8(9)11(12)10(13)6-14/h3-5,14H,6H2,1-2H3. The van der Waals surface area contributed by atoms with Gasteiger partial charge in [-0.2, -0.15) is 0 Å². The molecule has 0 bridgehead atoms. The Morgan fingerprint density at radius 2 is 2.20 bits per heavy atom. The molecular formula is C11H12BrNO2. The SMILES string of the molecule is COc1ccc2c(c1)c(Br)c(CO)n2C. The fourth-order valence-corrected chi connectivity index (χ4v) is 2.44. The van der Waals surface area contributed by atoms with Crippen LogP contribution < -0.4 is 4.74 Å². The molecule has 0 saturated heterocycles. The van der Waals surface area contributed by atoms with E-state index in [9.17, 15) is 5.11 Å². The third kappa shape index (κ3) is 1.54. The van der Waals surface area contributed by atoms with Crippen molar-refractivity contribution in [2.45, 2.75) is 6.61 Å². The number of hydrogen-bond acceptors (Lipinski definition) is 2. The maximum Gasteiger partial charge on any atom is 0.119 e. The van der Waals surface area contributed by atoms with Crippen LogP contribution in [0.15, 0.2) is 22.7 Å². The Morgan fingerprint density at radius 3 is 2.80 bits per heavy atom. The first kappa shape index (κ1) is 10.5. The molecule has 0 saturated carbocycles. The van der Waals surface area contributed by atoms with Crippen molar-refractivity contribution >= 4 is 26.8 Å². The van der Waals surface area contributed by atoms with Crippen molar-refractivity contribution < 1.29 is 9.84 Å². The highest BCUT2D eigenvalue weighted by Gasteiger charge is 2.12. The van der Waals surface area contributed by atoms with Crippen LogP contribution in [-0.4, -0.2) is 16.8 Å². The van der Waals surface area contributed by atoms with Crippen LogP contribution in [0.2, 0.25) is 0 Å². The van der Waals surface area contributed by atoms with E-state index in [1.54, 1.807) is 7.11 Å². The summed E-state index contributed by atoms with van der Waals surface area (Å²) in [5.41, 5.74) is 1.95. The molecule has 0 fully saturated rings. The third-order valence-electron chi connectivity index (χ3n) is 2.61. The van der Waals surface area contributed by atoms with Gasteiger partial charge in [-0.25, -0.2) is 0 Å². The molecule has 0 atom stereocenters. The lowest BCUT2D eigenvalue weighted by Gasteiger charge is -2.01. The number of aryl methyl sites for hydroxylation is 1. The van der Waals surface area contributed by atoms with Gasteiger partial charge in [-0.3, -0.25) is 0 Å². The van der Waals surface area contributed by atoms with Crippen molar-refractivity contribution in [2.75, 3.05) is 7.11 Å². The second-order valence-electron chi connectivity index (χ2n) is 3.36. The minimum absolute atomic E-state index is 0.0219. The molecule has 1 aromatic heterocycles. The fourth-order valence-electron chi connectivity index (χ4n) is 1.73. The van der Waals surface area contributed by atoms with Gasteiger partial charge in [0.05, 0.1) is 19.4 Å². The van der Waals surface area contributed by atoms with Crippen molar-refractivity contribution in [3.05, 3.63) is 28.4 Å². The minimum atomic E-state index is 0.0219. The molecule has 3 nitrogen and oxygen atoms in total. The van der Waals surface area contributed by atoms with Crippen molar-refractivity contribution in [3.63, 3.8) is 0 Å². The van der Waals surface area contributed by atoms with Gasteiger partial charge in [0.25, 0.3) is 0 Å². The summed E-state index contributed by atoms with van der Waals surface area (Å²) in [6, 6.07) is 5.85. The summed E-state index contributed by atoms with van der Waals surface area (Å²) in [6.45, 7) is 0.0219. The number of ether oxygens (including phenoxy) is 1. The molecule has 2 aromatic rings. The number of fused-ring (bicyclic) bond motifs is 1. The zero-order valence-electron chi connectivity index (χ0n) is 8.62. The second-order valence-corrected chi connectivity index (χ2v) is 4.15. The first-order valence-corrected chi connectivity index (χ1v) is 5.40. The fraction of sp³-hybridized carbons (Fsp3) is 0.273. The number of methoxy groups -OCH3 is 1. The van der Waals surface area contributed by atoms with E-state index in [2.05, 4.69) is 15.9 Å². The van der Waals surface area contributed by atoms with Crippen molar-refractivity contribution in [3.8, 4) is 5.75 Å². The van der Waals surface area contributed by atoms with Crippen LogP contribution in [0.1, 0.15) is 5.69 Å². The highest BCUT2D eigenvalue weighted by molar-refractivity contribution is 9.10. The maximum atomic E-state index is 9.24. The van der Waals surface area contributed by atoms with Gasteiger partial charge in [0.2, 0.25) is 0 Å². The highest BCUT2D eigenvalue weighted by atomic mass is 79.9. The van der Waals surface area contributed by atoms with Crippen LogP contribution in [0.5, 0.6) is 5.75 Å². The molecule has 2 rings (SSSR count). The summed E-state index contributed by atoms with van der Waals surface area (Å²) < 4.78 is 8.07. The van der Waals surface area contributed by atoms with Gasteiger partial charge in [-0.15, -0.1) is 0 Å². The second kappa shape index (κ2) is 3.87. The van der Waals surface area contributed by atoms with Crippen molar-refractivity contribution in [2.24, 2.45) is 7.05 Å². The predicted octanol–water partition coefficient (Wildman–Crippen LogP) is 2.44. The zero-order chi connectivity index (χ0) is 11.0. The normalized spacial score (nSPS) is 10.9. The highest BCUT2D eigenvalue weighted by Crippen LogP contribution is 2.32. The summed E-state index contributed by atoms with van der Waals surface area (Å²) in [6.07, 6.45) is 0. The van der Waals surface area contributed by atoms with Crippen molar-refractivity contribution in [1.82, 2.24) is 4.57 Å². The molecule has 0 aliphatic carbocycles. The number of hydrogen-bond donors (Lipinski definition) is 1. The Kier molecular flexibility index (Phi) is 2.71. The van der Waals surface area contributed by atoms with Gasteiger partial charge in [0.15, 0.2) is 0 Å². The molecular weight excluding hydrogens is 258 g/mol. The topological polar surface area (TPSA) is 34.4 Å². The van der Waals surface area contributed by atoms with Crippen LogP contribution in [0, 0.1) is 0 Å². The molecule has 4 heteroatoms. The van der Waals surface area contributed by atoms with Crippen LogP contribution in [-0.2, 0) is 13.7 Å². The van der Waals surface area contributed by atoms with Crippen molar-refractivity contribution in [1.29, 1.82) is 0 Å². The van der Waals surface area contributed by atoms with Gasteiger partial charge in [0.1, 0.15) is 5.75 Å². The Labute approximate surface area is 96.4 Å². The molecule has 0 aliphatic rings. The number of halogens is 1. The van der Waals surface area contributed by atoms with E-state index in [1.165, 1.54) is 0 Å². The van der Waals surface area contributed by atoms with E-state index in [4.69, 9.17) is 4.74 Å². The first-order chi connectivity index (χ1) is 7.19. The summed E-state index contributed by atoms with van der Waals surface area (Å²) in [7, 11) is 3.58. The quantitative estimate of drug-likeness (QED) is 0.909. The molecule has 0 aliphatic heterocycles. The lowest BCUT2D eigenvalue weighted by molar-refractivity contribution is 0.272. The molecule has 80 valence electrons. The number of aromatic nitrogens is 1. The van der Waals surface area contributed by atoms with Gasteiger partial charge in [-0.05, 0) is 34.1 Å². The summed E-state index contributed by atoms with van der Waals surface area (Å²) >= 11 is 3.49. The number of nitrogens with zero attached hydrogens (tertiary/aromatic N) is 1. The van der Waals surface area contributed by atoms with Crippen LogP contribution in [0.4, 0.5) is 0 Å². The van der Waals surface area contributed by atoms with Crippen LogP contribution >= 0.6 is 15.9 Å². The van der Waals surface area contributed by atoms with E-state index in [0.717, 1.165) is 26.8 Å². The Morgan fingerprint density at radius 1 is 1.47 bits per heavy atom. The summed E-state index contributed by atoms with van der Waals surface area (Å²) in [5, 5.41) is 10.3. The maximum absolute atomic E-state index is 9.24. The van der Waals surface area contributed by atoms with Crippen LogP contribution in [0.25, 0.3) is 10.9 Å². The lowest BCUT2D eigenvalue weighted by Crippen LogP contribution is -1.95. The number of aliphatic hydroxyl groups is 1. The Hall–Kier alpha value is -1.00.